The minimum absolute atomic E-state index is 0.152. The molecule has 0 aliphatic heterocycles. The van der Waals surface area contributed by atoms with Crippen LogP contribution in [0.1, 0.15) is 5.56 Å². The number of rotatable bonds is 8. The topological polar surface area (TPSA) is 75.7 Å². The van der Waals surface area contributed by atoms with Crippen LogP contribution in [-0.2, 0) is 26.2 Å². The van der Waals surface area contributed by atoms with Gasteiger partial charge in [-0.15, -0.1) is 0 Å². The van der Waals surface area contributed by atoms with E-state index in [0.29, 0.717) is 0 Å². The molecular formula is C12H14F3O5S-. The van der Waals surface area contributed by atoms with Crippen LogP contribution < -0.4 is 0 Å². The van der Waals surface area contributed by atoms with Crippen molar-refractivity contribution in [3.63, 3.8) is 0 Å². The highest BCUT2D eigenvalue weighted by atomic mass is 32.2. The van der Waals surface area contributed by atoms with Crippen molar-refractivity contribution in [2.24, 2.45) is 0 Å². The second-order valence-electron chi connectivity index (χ2n) is 4.16. The van der Waals surface area contributed by atoms with Crippen LogP contribution >= 0.6 is 0 Å². The molecule has 9 heteroatoms. The Morgan fingerprint density at radius 2 is 1.76 bits per heavy atom. The Kier molecular flexibility index (Phi) is 6.59. The molecule has 120 valence electrons. The zero-order valence-electron chi connectivity index (χ0n) is 10.9. The molecule has 0 saturated carbocycles. The standard InChI is InChI=1S/C12H15F3O5S/c13-12(14,15)11(9-21(16,17)18)20-7-6-19-8-10-4-2-1-3-5-10/h1-5,11H,6-9H2,(H,16,17,18)/p-1. The first-order valence-electron chi connectivity index (χ1n) is 5.92. The van der Waals surface area contributed by atoms with E-state index in [4.69, 9.17) is 4.74 Å². The molecule has 0 bridgehead atoms. The molecule has 0 radical (unpaired) electrons. The summed E-state index contributed by atoms with van der Waals surface area (Å²) < 4.78 is 78.0. The van der Waals surface area contributed by atoms with E-state index in [-0.39, 0.29) is 13.2 Å². The van der Waals surface area contributed by atoms with E-state index in [0.717, 1.165) is 5.56 Å². The summed E-state index contributed by atoms with van der Waals surface area (Å²) in [5.74, 6) is -1.64. The zero-order valence-corrected chi connectivity index (χ0v) is 11.7. The molecule has 0 spiro atoms. The SMILES string of the molecule is O=S(=O)([O-])CC(OCCOCc1ccccc1)C(F)(F)F. The minimum Gasteiger partial charge on any atom is -0.748 e. The van der Waals surface area contributed by atoms with Crippen molar-refractivity contribution in [1.82, 2.24) is 0 Å². The van der Waals surface area contributed by atoms with Gasteiger partial charge in [-0.1, -0.05) is 30.3 Å². The van der Waals surface area contributed by atoms with Crippen molar-refractivity contribution in [3.05, 3.63) is 35.9 Å². The Hall–Kier alpha value is -1.16. The van der Waals surface area contributed by atoms with Gasteiger partial charge in [0.25, 0.3) is 0 Å². The van der Waals surface area contributed by atoms with Gasteiger partial charge in [-0.05, 0) is 5.56 Å². The Labute approximate surface area is 120 Å². The number of benzene rings is 1. The van der Waals surface area contributed by atoms with E-state index >= 15 is 0 Å². The molecule has 1 aromatic rings. The largest absolute Gasteiger partial charge is 0.748 e. The molecule has 0 saturated heterocycles. The summed E-state index contributed by atoms with van der Waals surface area (Å²) in [6, 6.07) is 8.94. The minimum atomic E-state index is -5.03. The fraction of sp³-hybridized carbons (Fsp3) is 0.500. The molecule has 21 heavy (non-hydrogen) atoms. The molecule has 0 fully saturated rings. The molecule has 1 unspecified atom stereocenters. The van der Waals surface area contributed by atoms with Gasteiger partial charge in [0.15, 0.2) is 6.10 Å². The van der Waals surface area contributed by atoms with Crippen molar-refractivity contribution in [2.45, 2.75) is 18.9 Å². The second-order valence-corrected chi connectivity index (χ2v) is 5.61. The van der Waals surface area contributed by atoms with Crippen LogP contribution in [0.5, 0.6) is 0 Å². The van der Waals surface area contributed by atoms with E-state index in [1.807, 2.05) is 6.07 Å². The van der Waals surface area contributed by atoms with Crippen molar-refractivity contribution in [3.8, 4) is 0 Å². The van der Waals surface area contributed by atoms with Crippen molar-refractivity contribution in [2.75, 3.05) is 19.0 Å². The maximum Gasteiger partial charge on any atom is 0.415 e. The normalized spacial score (nSPS) is 14.1. The molecule has 0 N–H and O–H groups in total. The molecule has 5 nitrogen and oxygen atoms in total. The predicted molar refractivity (Wildman–Crippen MR) is 66.5 cm³/mol. The average Bonchev–Trinajstić information content (AvgIpc) is 2.35. The van der Waals surface area contributed by atoms with Gasteiger partial charge in [-0.3, -0.25) is 0 Å². The van der Waals surface area contributed by atoms with Crippen molar-refractivity contribution < 1.29 is 35.6 Å². The van der Waals surface area contributed by atoms with Gasteiger partial charge in [-0.2, -0.15) is 13.2 Å². The number of ether oxygens (including phenoxy) is 2. The maximum absolute atomic E-state index is 12.5. The van der Waals surface area contributed by atoms with Crippen LogP contribution in [0.3, 0.4) is 0 Å². The average molecular weight is 327 g/mol. The van der Waals surface area contributed by atoms with Gasteiger partial charge in [0, 0.05) is 0 Å². The molecule has 0 aromatic heterocycles. The van der Waals surface area contributed by atoms with Crippen molar-refractivity contribution in [1.29, 1.82) is 0 Å². The van der Waals surface area contributed by atoms with Gasteiger partial charge in [0.05, 0.1) is 35.7 Å². The molecule has 0 aliphatic rings. The Bertz CT molecular complexity index is 515. The summed E-state index contributed by atoms with van der Waals surface area (Å²) in [6.45, 7) is -0.423. The van der Waals surface area contributed by atoms with Crippen LogP contribution in [0, 0.1) is 0 Å². The molecular weight excluding hydrogens is 313 g/mol. The predicted octanol–water partition coefficient (Wildman–Crippen LogP) is 1.70. The molecule has 1 aromatic carbocycles. The number of hydrogen-bond acceptors (Lipinski definition) is 5. The third kappa shape index (κ3) is 8.00. The quantitative estimate of drug-likeness (QED) is 0.536. The van der Waals surface area contributed by atoms with Crippen LogP contribution in [0.25, 0.3) is 0 Å². The summed E-state index contributed by atoms with van der Waals surface area (Å²) in [6.07, 6.45) is -7.56. The summed E-state index contributed by atoms with van der Waals surface area (Å²) >= 11 is 0. The molecule has 0 aliphatic carbocycles. The lowest BCUT2D eigenvalue weighted by molar-refractivity contribution is -0.215. The van der Waals surface area contributed by atoms with Crippen molar-refractivity contribution >= 4 is 10.1 Å². The summed E-state index contributed by atoms with van der Waals surface area (Å²) in [5.41, 5.74) is 0.840. The van der Waals surface area contributed by atoms with Crippen LogP contribution in [-0.4, -0.2) is 44.2 Å². The van der Waals surface area contributed by atoms with Gasteiger partial charge < -0.3 is 14.0 Å². The third-order valence-corrected chi connectivity index (χ3v) is 3.09. The molecule has 1 rings (SSSR count). The lowest BCUT2D eigenvalue weighted by Gasteiger charge is -2.22. The second kappa shape index (κ2) is 7.74. The zero-order chi connectivity index (χ0) is 15.9. The summed E-state index contributed by atoms with van der Waals surface area (Å²) in [7, 11) is -5.03. The van der Waals surface area contributed by atoms with Gasteiger partial charge in [0.2, 0.25) is 0 Å². The third-order valence-electron chi connectivity index (χ3n) is 2.38. The fourth-order valence-corrected chi connectivity index (χ4v) is 2.09. The smallest absolute Gasteiger partial charge is 0.415 e. The lowest BCUT2D eigenvalue weighted by atomic mass is 10.2. The van der Waals surface area contributed by atoms with E-state index < -0.39 is 34.8 Å². The Morgan fingerprint density at radius 3 is 2.29 bits per heavy atom. The highest BCUT2D eigenvalue weighted by Gasteiger charge is 2.41. The highest BCUT2D eigenvalue weighted by Crippen LogP contribution is 2.23. The van der Waals surface area contributed by atoms with E-state index in [1.54, 1.807) is 24.3 Å². The van der Waals surface area contributed by atoms with E-state index in [2.05, 4.69) is 4.74 Å². The van der Waals surface area contributed by atoms with Crippen LogP contribution in [0.2, 0.25) is 0 Å². The molecule has 0 amide bonds. The lowest BCUT2D eigenvalue weighted by Crippen LogP contribution is -2.38. The monoisotopic (exact) mass is 327 g/mol. The first-order chi connectivity index (χ1) is 9.68. The summed E-state index contributed by atoms with van der Waals surface area (Å²) in [5, 5.41) is 0. The van der Waals surface area contributed by atoms with E-state index in [9.17, 15) is 26.1 Å². The molecule has 0 heterocycles. The number of halogens is 3. The van der Waals surface area contributed by atoms with Gasteiger partial charge >= 0.3 is 6.18 Å². The first-order valence-corrected chi connectivity index (χ1v) is 7.50. The van der Waals surface area contributed by atoms with Gasteiger partial charge in [0.1, 0.15) is 0 Å². The highest BCUT2D eigenvalue weighted by molar-refractivity contribution is 7.85. The first kappa shape index (κ1) is 17.9. The van der Waals surface area contributed by atoms with Gasteiger partial charge in [-0.25, -0.2) is 8.42 Å². The maximum atomic E-state index is 12.5. The fourth-order valence-electron chi connectivity index (χ4n) is 1.44. The van der Waals surface area contributed by atoms with Crippen LogP contribution in [0.4, 0.5) is 13.2 Å². The summed E-state index contributed by atoms with van der Waals surface area (Å²) in [4.78, 5) is 0. The molecule has 1 atom stereocenters. The number of hydrogen-bond donors (Lipinski definition) is 0. The Balaban J connectivity index is 2.34. The van der Waals surface area contributed by atoms with Crippen LogP contribution in [0.15, 0.2) is 30.3 Å². The number of alkyl halides is 3. The van der Waals surface area contributed by atoms with E-state index in [1.165, 1.54) is 0 Å². The Morgan fingerprint density at radius 1 is 1.14 bits per heavy atom.